The Kier molecular flexibility index (Phi) is 5.57. The first-order valence-corrected chi connectivity index (χ1v) is 17.4. The van der Waals surface area contributed by atoms with E-state index in [-0.39, 0.29) is 0 Å². The maximum atomic E-state index is 7.06. The molecular weight excluding hydrogens is 617 g/mol. The van der Waals surface area contributed by atoms with Gasteiger partial charge in [0, 0.05) is 53.5 Å². The normalized spacial score (nSPS) is 12.1. The van der Waals surface area contributed by atoms with Crippen molar-refractivity contribution in [3.63, 3.8) is 0 Å². The van der Waals surface area contributed by atoms with Crippen LogP contribution in [0.25, 0.3) is 108 Å². The van der Waals surface area contributed by atoms with Gasteiger partial charge in [-0.05, 0) is 62.5 Å². The summed E-state index contributed by atoms with van der Waals surface area (Å²) in [5.41, 5.74) is 8.36. The third-order valence-corrected chi connectivity index (χ3v) is 11.2. The van der Waals surface area contributed by atoms with Crippen LogP contribution in [0.2, 0.25) is 0 Å². The van der Waals surface area contributed by atoms with Crippen molar-refractivity contribution in [2.24, 2.45) is 0 Å². The fourth-order valence-corrected chi connectivity index (χ4v) is 9.16. The van der Waals surface area contributed by atoms with E-state index < -0.39 is 0 Å². The molecule has 0 atom stereocenters. The molecule has 0 aliphatic carbocycles. The highest BCUT2D eigenvalue weighted by molar-refractivity contribution is 7.25. The largest absolute Gasteiger partial charge is 0.456 e. The van der Waals surface area contributed by atoms with Crippen LogP contribution >= 0.6 is 11.3 Å². The lowest BCUT2D eigenvalue weighted by atomic mass is 9.85. The first-order valence-electron chi connectivity index (χ1n) is 16.6. The standard InChI is InChI=1S/C46H26O2S/c1-2-13-27(14-3-1)42-36-25-35-28-15-8-10-22-37(28)47-38(35)26-39(36)48-46(42)45-31-18-6-4-16-29(31)43(30-17-5-7-19-32(30)45)34-21-12-24-41-44(34)33-20-9-11-23-40(33)49-41/h1-26H. The first kappa shape index (κ1) is 26.9. The van der Waals surface area contributed by atoms with Gasteiger partial charge in [-0.3, -0.25) is 0 Å². The van der Waals surface area contributed by atoms with E-state index in [1.165, 1.54) is 42.1 Å². The fraction of sp³-hybridized carbons (Fsp3) is 0. The van der Waals surface area contributed by atoms with Gasteiger partial charge in [-0.2, -0.15) is 0 Å². The molecule has 8 aromatic carbocycles. The summed E-state index contributed by atoms with van der Waals surface area (Å²) >= 11 is 1.86. The van der Waals surface area contributed by atoms with Gasteiger partial charge in [0.2, 0.25) is 0 Å². The van der Waals surface area contributed by atoms with E-state index in [2.05, 4.69) is 146 Å². The number of furan rings is 2. The van der Waals surface area contributed by atoms with Crippen LogP contribution in [0.3, 0.4) is 0 Å². The smallest absolute Gasteiger partial charge is 0.144 e. The molecule has 0 aliphatic rings. The van der Waals surface area contributed by atoms with Crippen molar-refractivity contribution in [3.8, 4) is 33.6 Å². The zero-order valence-corrected chi connectivity index (χ0v) is 27.1. The Hall–Kier alpha value is -6.16. The lowest BCUT2D eigenvalue weighted by molar-refractivity contribution is 0.630. The van der Waals surface area contributed by atoms with Crippen LogP contribution in [0.5, 0.6) is 0 Å². The van der Waals surface area contributed by atoms with E-state index in [0.29, 0.717) is 0 Å². The molecule has 11 aromatic rings. The maximum absolute atomic E-state index is 7.06. The Morgan fingerprint density at radius 3 is 1.69 bits per heavy atom. The fourth-order valence-electron chi connectivity index (χ4n) is 8.03. The van der Waals surface area contributed by atoms with Gasteiger partial charge in [0.15, 0.2) is 0 Å². The van der Waals surface area contributed by atoms with Crippen LogP contribution in [0.4, 0.5) is 0 Å². The monoisotopic (exact) mass is 642 g/mol. The summed E-state index contributed by atoms with van der Waals surface area (Å²) < 4.78 is 16.0. The van der Waals surface area contributed by atoms with Crippen LogP contribution in [0, 0.1) is 0 Å². The summed E-state index contributed by atoms with van der Waals surface area (Å²) in [7, 11) is 0. The molecule has 3 aromatic heterocycles. The van der Waals surface area contributed by atoms with Gasteiger partial charge in [-0.25, -0.2) is 0 Å². The van der Waals surface area contributed by atoms with Gasteiger partial charge in [-0.15, -0.1) is 11.3 Å². The third-order valence-electron chi connectivity index (χ3n) is 10.1. The average Bonchev–Trinajstić information content (AvgIpc) is 3.84. The molecule has 49 heavy (non-hydrogen) atoms. The third kappa shape index (κ3) is 3.82. The summed E-state index contributed by atoms with van der Waals surface area (Å²) in [5, 5.41) is 10.6. The predicted molar refractivity (Wildman–Crippen MR) is 208 cm³/mol. The second-order valence-corrected chi connectivity index (χ2v) is 13.8. The Morgan fingerprint density at radius 2 is 0.939 bits per heavy atom. The summed E-state index contributed by atoms with van der Waals surface area (Å²) in [6.07, 6.45) is 0. The second kappa shape index (κ2) is 10.2. The van der Waals surface area contributed by atoms with Gasteiger partial charge in [0.1, 0.15) is 22.5 Å². The van der Waals surface area contributed by atoms with E-state index in [9.17, 15) is 0 Å². The summed E-state index contributed by atoms with van der Waals surface area (Å²) in [5.74, 6) is 0.872. The van der Waals surface area contributed by atoms with Crippen molar-refractivity contribution in [3.05, 3.63) is 158 Å². The number of hydrogen-bond acceptors (Lipinski definition) is 3. The van der Waals surface area contributed by atoms with Crippen molar-refractivity contribution < 1.29 is 8.83 Å². The molecule has 3 heterocycles. The predicted octanol–water partition coefficient (Wildman–Crippen LogP) is 14.0. The van der Waals surface area contributed by atoms with E-state index in [1.807, 2.05) is 23.5 Å². The molecule has 0 radical (unpaired) electrons. The SMILES string of the molecule is c1ccc(-c2c(-c3c4ccccc4c(-c4cccc5sc6ccccc6c45)c4ccccc34)oc3cc4oc5ccccc5c4cc23)cc1. The summed E-state index contributed by atoms with van der Waals surface area (Å²) in [6, 6.07) is 56.4. The molecule has 0 N–H and O–H groups in total. The Bertz CT molecular complexity index is 3050. The van der Waals surface area contributed by atoms with Crippen molar-refractivity contribution in [2.75, 3.05) is 0 Å². The number of hydrogen-bond donors (Lipinski definition) is 0. The summed E-state index contributed by atoms with van der Waals surface area (Å²) in [6.45, 7) is 0. The molecule has 2 nitrogen and oxygen atoms in total. The molecule has 228 valence electrons. The van der Waals surface area contributed by atoms with Crippen molar-refractivity contribution in [2.45, 2.75) is 0 Å². The van der Waals surface area contributed by atoms with E-state index >= 15 is 0 Å². The molecule has 11 rings (SSSR count). The molecular formula is C46H26O2S. The van der Waals surface area contributed by atoms with Crippen LogP contribution < -0.4 is 0 Å². The minimum atomic E-state index is 0.812. The number of fused-ring (bicyclic) bond motifs is 9. The molecule has 0 saturated heterocycles. The minimum absolute atomic E-state index is 0.812. The van der Waals surface area contributed by atoms with E-state index in [0.717, 1.165) is 66.1 Å². The number of para-hydroxylation sites is 1. The van der Waals surface area contributed by atoms with E-state index in [1.54, 1.807) is 0 Å². The average molecular weight is 643 g/mol. The number of thiophene rings is 1. The Morgan fingerprint density at radius 1 is 0.347 bits per heavy atom. The summed E-state index contributed by atoms with van der Waals surface area (Å²) in [4.78, 5) is 0. The van der Waals surface area contributed by atoms with Gasteiger partial charge in [-0.1, -0.05) is 127 Å². The first-order chi connectivity index (χ1) is 24.3. The lowest BCUT2D eigenvalue weighted by Crippen LogP contribution is -1.91. The van der Waals surface area contributed by atoms with Crippen molar-refractivity contribution in [1.29, 1.82) is 0 Å². The Labute approximate surface area is 285 Å². The van der Waals surface area contributed by atoms with Gasteiger partial charge in [0.05, 0.1) is 0 Å². The van der Waals surface area contributed by atoms with Gasteiger partial charge in [0.25, 0.3) is 0 Å². The zero-order chi connectivity index (χ0) is 32.1. The molecule has 0 aliphatic heterocycles. The molecule has 0 spiro atoms. The zero-order valence-electron chi connectivity index (χ0n) is 26.2. The van der Waals surface area contributed by atoms with Gasteiger partial charge >= 0.3 is 0 Å². The van der Waals surface area contributed by atoms with Crippen molar-refractivity contribution in [1.82, 2.24) is 0 Å². The number of benzene rings is 8. The van der Waals surface area contributed by atoms with E-state index in [4.69, 9.17) is 8.83 Å². The lowest BCUT2D eigenvalue weighted by Gasteiger charge is -2.18. The minimum Gasteiger partial charge on any atom is -0.456 e. The Balaban J connectivity index is 1.30. The highest BCUT2D eigenvalue weighted by Gasteiger charge is 2.25. The topological polar surface area (TPSA) is 26.3 Å². The van der Waals surface area contributed by atoms with Crippen LogP contribution in [0.15, 0.2) is 167 Å². The highest BCUT2D eigenvalue weighted by atomic mass is 32.1. The second-order valence-electron chi connectivity index (χ2n) is 12.7. The van der Waals surface area contributed by atoms with Gasteiger partial charge < -0.3 is 8.83 Å². The maximum Gasteiger partial charge on any atom is 0.144 e. The highest BCUT2D eigenvalue weighted by Crippen LogP contribution is 2.51. The van der Waals surface area contributed by atoms with Crippen LogP contribution in [-0.4, -0.2) is 0 Å². The molecule has 3 heteroatoms. The molecule has 0 unspecified atom stereocenters. The molecule has 0 bridgehead atoms. The molecule has 0 saturated carbocycles. The quantitative estimate of drug-likeness (QED) is 0.179. The van der Waals surface area contributed by atoms with Crippen LogP contribution in [-0.2, 0) is 0 Å². The molecule has 0 fully saturated rings. The van der Waals surface area contributed by atoms with Crippen LogP contribution in [0.1, 0.15) is 0 Å². The number of rotatable bonds is 3. The molecule has 0 amide bonds. The van der Waals surface area contributed by atoms with Crippen molar-refractivity contribution >= 4 is 86.0 Å².